The van der Waals surface area contributed by atoms with E-state index in [1.165, 1.54) is 30.0 Å². The first-order valence-corrected chi connectivity index (χ1v) is 9.98. The van der Waals surface area contributed by atoms with Gasteiger partial charge in [-0.25, -0.2) is 0 Å². The number of rotatable bonds is 9. The van der Waals surface area contributed by atoms with Crippen molar-refractivity contribution in [1.82, 2.24) is 14.8 Å². The lowest BCUT2D eigenvalue weighted by molar-refractivity contribution is -0.384. The van der Waals surface area contributed by atoms with Crippen LogP contribution in [0.25, 0.3) is 0 Å². The Morgan fingerprint density at radius 2 is 1.93 bits per heavy atom. The van der Waals surface area contributed by atoms with Gasteiger partial charge in [-0.1, -0.05) is 36.0 Å². The Morgan fingerprint density at radius 3 is 2.63 bits per heavy atom. The molecule has 0 amide bonds. The summed E-state index contributed by atoms with van der Waals surface area (Å²) in [6.07, 6.45) is -0.402. The summed E-state index contributed by atoms with van der Waals surface area (Å²) in [5.41, 5.74) is 0.168. The average molecular weight is 428 g/mol. The normalized spacial score (nSPS) is 11.7. The summed E-state index contributed by atoms with van der Waals surface area (Å²) in [5, 5.41) is 19.7. The summed E-state index contributed by atoms with van der Waals surface area (Å²) in [5.74, 6) is 1.64. The molecule has 2 aromatic carbocycles. The van der Waals surface area contributed by atoms with Crippen molar-refractivity contribution in [2.45, 2.75) is 18.2 Å². The molecule has 0 aliphatic heterocycles. The fourth-order valence-corrected chi connectivity index (χ4v) is 3.58. The number of non-ortho nitro benzene ring substituents is 1. The fourth-order valence-electron chi connectivity index (χ4n) is 2.77. The van der Waals surface area contributed by atoms with Crippen LogP contribution in [0.15, 0.2) is 53.7 Å². The van der Waals surface area contributed by atoms with Crippen LogP contribution < -0.4 is 9.47 Å². The van der Waals surface area contributed by atoms with Gasteiger partial charge in [-0.05, 0) is 19.1 Å². The summed E-state index contributed by atoms with van der Waals surface area (Å²) in [7, 11) is 3.36. The standard InChI is InChI=1S/C20H20N4O5S/c1-13(29-18-10-5-4-9-17(18)28-3)19-21-22-20(23(19)2)30-12-16(25)14-7-6-8-15(11-14)24(26)27/h4-11,13H,12H2,1-3H3. The number of carbonyl (C=O) groups is 1. The van der Waals surface area contributed by atoms with Crippen LogP contribution in [0.2, 0.25) is 0 Å². The van der Waals surface area contributed by atoms with Crippen molar-refractivity contribution in [1.29, 1.82) is 0 Å². The number of ketones is 1. The fraction of sp³-hybridized carbons (Fsp3) is 0.250. The molecule has 3 aromatic rings. The van der Waals surface area contributed by atoms with Crippen molar-refractivity contribution < 1.29 is 19.2 Å². The number of ether oxygens (including phenoxy) is 2. The number of nitro groups is 1. The number of para-hydroxylation sites is 2. The number of benzene rings is 2. The van der Waals surface area contributed by atoms with Gasteiger partial charge in [0.05, 0.1) is 17.8 Å². The number of nitro benzene ring substituents is 1. The maximum absolute atomic E-state index is 12.4. The molecule has 9 nitrogen and oxygen atoms in total. The van der Waals surface area contributed by atoms with Gasteiger partial charge in [0.25, 0.3) is 5.69 Å². The van der Waals surface area contributed by atoms with Crippen molar-refractivity contribution in [2.75, 3.05) is 12.9 Å². The molecule has 0 N–H and O–H groups in total. The van der Waals surface area contributed by atoms with Crippen molar-refractivity contribution in [2.24, 2.45) is 7.05 Å². The van der Waals surface area contributed by atoms with Crippen LogP contribution in [0.4, 0.5) is 5.69 Å². The number of nitrogens with zero attached hydrogens (tertiary/aromatic N) is 4. The van der Waals surface area contributed by atoms with Gasteiger partial charge in [-0.2, -0.15) is 0 Å². The Bertz CT molecular complexity index is 1070. The predicted molar refractivity (Wildman–Crippen MR) is 111 cm³/mol. The second kappa shape index (κ2) is 9.40. The first kappa shape index (κ1) is 21.3. The lowest BCUT2D eigenvalue weighted by Gasteiger charge is -2.16. The third kappa shape index (κ3) is 4.77. The second-order valence-corrected chi connectivity index (χ2v) is 7.27. The van der Waals surface area contributed by atoms with Gasteiger partial charge in [0, 0.05) is 24.7 Å². The minimum atomic E-state index is -0.526. The third-order valence-corrected chi connectivity index (χ3v) is 5.34. The van der Waals surface area contributed by atoms with Gasteiger partial charge < -0.3 is 14.0 Å². The van der Waals surface area contributed by atoms with Crippen molar-refractivity contribution in [3.05, 3.63) is 70.0 Å². The van der Waals surface area contributed by atoms with Crippen LogP contribution in [0.3, 0.4) is 0 Å². The van der Waals surface area contributed by atoms with E-state index in [1.807, 2.05) is 19.1 Å². The zero-order valence-corrected chi connectivity index (χ0v) is 17.5. The number of thioether (sulfide) groups is 1. The molecule has 0 saturated heterocycles. The SMILES string of the molecule is COc1ccccc1OC(C)c1nnc(SCC(=O)c2cccc([N+](=O)[O-])c2)n1C. The topological polar surface area (TPSA) is 109 Å². The lowest BCUT2D eigenvalue weighted by Crippen LogP contribution is -2.11. The van der Waals surface area contributed by atoms with Crippen molar-refractivity contribution >= 4 is 23.2 Å². The molecule has 10 heteroatoms. The predicted octanol–water partition coefficient (Wildman–Crippen LogP) is 3.85. The Labute approximate surface area is 177 Å². The van der Waals surface area contributed by atoms with Gasteiger partial charge in [0.1, 0.15) is 0 Å². The maximum Gasteiger partial charge on any atom is 0.270 e. The summed E-state index contributed by atoms with van der Waals surface area (Å²) in [4.78, 5) is 22.8. The first-order valence-electron chi connectivity index (χ1n) is 9.00. The molecule has 1 unspecified atom stereocenters. The number of methoxy groups -OCH3 is 1. The van der Waals surface area contributed by atoms with E-state index in [0.29, 0.717) is 22.5 Å². The van der Waals surface area contributed by atoms with Crippen LogP contribution in [0, 0.1) is 10.1 Å². The molecule has 0 saturated carbocycles. The third-order valence-electron chi connectivity index (χ3n) is 4.32. The summed E-state index contributed by atoms with van der Waals surface area (Å²) >= 11 is 1.21. The highest BCUT2D eigenvalue weighted by atomic mass is 32.2. The van der Waals surface area contributed by atoms with Crippen LogP contribution in [0.5, 0.6) is 11.5 Å². The van der Waals surface area contributed by atoms with Crippen LogP contribution in [-0.4, -0.2) is 38.3 Å². The van der Waals surface area contributed by atoms with E-state index in [1.54, 1.807) is 36.9 Å². The molecule has 1 heterocycles. The Kier molecular flexibility index (Phi) is 6.68. The second-order valence-electron chi connectivity index (χ2n) is 6.33. The van der Waals surface area contributed by atoms with Gasteiger partial charge in [-0.15, -0.1) is 10.2 Å². The van der Waals surface area contributed by atoms with Crippen molar-refractivity contribution in [3.63, 3.8) is 0 Å². The van der Waals surface area contributed by atoms with E-state index in [2.05, 4.69) is 10.2 Å². The van der Waals surface area contributed by atoms with E-state index >= 15 is 0 Å². The summed E-state index contributed by atoms with van der Waals surface area (Å²) in [6, 6.07) is 13.0. The molecule has 3 rings (SSSR count). The quantitative estimate of drug-likeness (QED) is 0.219. The smallest absolute Gasteiger partial charge is 0.270 e. The summed E-state index contributed by atoms with van der Waals surface area (Å²) < 4.78 is 13.0. The molecule has 0 aliphatic carbocycles. The highest BCUT2D eigenvalue weighted by Gasteiger charge is 2.20. The molecule has 156 valence electrons. The van der Waals surface area contributed by atoms with E-state index in [9.17, 15) is 14.9 Å². The Hall–Kier alpha value is -3.40. The molecule has 1 atom stereocenters. The van der Waals surface area contributed by atoms with Gasteiger partial charge in [-0.3, -0.25) is 14.9 Å². The molecule has 0 fully saturated rings. The highest BCUT2D eigenvalue weighted by Crippen LogP contribution is 2.31. The van der Waals surface area contributed by atoms with E-state index in [4.69, 9.17) is 9.47 Å². The number of hydrogen-bond acceptors (Lipinski definition) is 8. The molecule has 0 bridgehead atoms. The molecular formula is C20H20N4O5S. The van der Waals surface area contributed by atoms with E-state index in [-0.39, 0.29) is 22.8 Å². The van der Waals surface area contributed by atoms with Gasteiger partial charge >= 0.3 is 0 Å². The minimum Gasteiger partial charge on any atom is -0.493 e. The minimum absolute atomic E-state index is 0.0783. The van der Waals surface area contributed by atoms with E-state index < -0.39 is 11.0 Å². The highest BCUT2D eigenvalue weighted by molar-refractivity contribution is 7.99. The van der Waals surface area contributed by atoms with E-state index in [0.717, 1.165) is 0 Å². The largest absolute Gasteiger partial charge is 0.493 e. The molecule has 0 spiro atoms. The number of carbonyl (C=O) groups excluding carboxylic acids is 1. The van der Waals surface area contributed by atoms with Crippen molar-refractivity contribution in [3.8, 4) is 11.5 Å². The molecule has 30 heavy (non-hydrogen) atoms. The number of aromatic nitrogens is 3. The maximum atomic E-state index is 12.4. The van der Waals surface area contributed by atoms with Gasteiger partial charge in [0.2, 0.25) is 0 Å². The number of hydrogen-bond donors (Lipinski definition) is 0. The van der Waals surface area contributed by atoms with Crippen LogP contribution in [-0.2, 0) is 7.05 Å². The summed E-state index contributed by atoms with van der Waals surface area (Å²) in [6.45, 7) is 1.85. The van der Waals surface area contributed by atoms with Crippen LogP contribution >= 0.6 is 11.8 Å². The Balaban J connectivity index is 1.67. The average Bonchev–Trinajstić information content (AvgIpc) is 3.12. The zero-order valence-electron chi connectivity index (χ0n) is 16.6. The molecule has 0 aliphatic rings. The zero-order chi connectivity index (χ0) is 21.7. The first-order chi connectivity index (χ1) is 14.4. The monoisotopic (exact) mass is 428 g/mol. The molecule has 0 radical (unpaired) electrons. The molecular weight excluding hydrogens is 408 g/mol. The van der Waals surface area contributed by atoms with Crippen LogP contribution in [0.1, 0.15) is 29.2 Å². The van der Waals surface area contributed by atoms with Gasteiger partial charge in [0.15, 0.2) is 34.4 Å². The number of Topliss-reactive ketones (excluding diaryl/α,β-unsaturated/α-hetero) is 1. The Morgan fingerprint density at radius 1 is 1.20 bits per heavy atom. The lowest BCUT2D eigenvalue weighted by atomic mass is 10.1. The molecule has 1 aromatic heterocycles.